The summed E-state index contributed by atoms with van der Waals surface area (Å²) >= 11 is 7.45. The molecular formula is C15H17ClN2O3S. The van der Waals surface area contributed by atoms with Gasteiger partial charge in [-0.05, 0) is 30.2 Å². The SMILES string of the molecule is CCc1cc(OC(=O)NCc2ccc(OC)c(Cl)c2)c(N)s1. The van der Waals surface area contributed by atoms with Crippen LogP contribution in [0.5, 0.6) is 11.5 Å². The lowest BCUT2D eigenvalue weighted by Gasteiger charge is -2.08. The summed E-state index contributed by atoms with van der Waals surface area (Å²) in [4.78, 5) is 12.9. The Hall–Kier alpha value is -1.92. The topological polar surface area (TPSA) is 73.6 Å². The molecule has 0 unspecified atom stereocenters. The van der Waals surface area contributed by atoms with Crippen molar-refractivity contribution in [2.45, 2.75) is 19.9 Å². The van der Waals surface area contributed by atoms with Crippen LogP contribution in [0.15, 0.2) is 24.3 Å². The Morgan fingerprint density at radius 2 is 2.14 bits per heavy atom. The summed E-state index contributed by atoms with van der Waals surface area (Å²) in [5.41, 5.74) is 6.65. The number of rotatable bonds is 5. The average molecular weight is 341 g/mol. The first kappa shape index (κ1) is 16.5. The third kappa shape index (κ3) is 4.05. The van der Waals surface area contributed by atoms with Gasteiger partial charge in [-0.3, -0.25) is 0 Å². The number of hydrogen-bond donors (Lipinski definition) is 2. The molecule has 0 saturated carbocycles. The molecule has 2 rings (SSSR count). The zero-order valence-corrected chi connectivity index (χ0v) is 13.9. The van der Waals surface area contributed by atoms with Crippen LogP contribution in [0.1, 0.15) is 17.4 Å². The van der Waals surface area contributed by atoms with Crippen molar-refractivity contribution in [2.24, 2.45) is 0 Å². The molecule has 0 aliphatic carbocycles. The molecule has 0 spiro atoms. The Labute approximate surface area is 138 Å². The largest absolute Gasteiger partial charge is 0.495 e. The van der Waals surface area contributed by atoms with Crippen molar-refractivity contribution in [3.63, 3.8) is 0 Å². The Morgan fingerprint density at radius 1 is 1.36 bits per heavy atom. The van der Waals surface area contributed by atoms with Gasteiger partial charge in [-0.2, -0.15) is 0 Å². The smallest absolute Gasteiger partial charge is 0.412 e. The van der Waals surface area contributed by atoms with E-state index in [1.54, 1.807) is 25.3 Å². The molecule has 0 atom stereocenters. The van der Waals surface area contributed by atoms with E-state index in [1.165, 1.54) is 11.3 Å². The van der Waals surface area contributed by atoms with Gasteiger partial charge in [0.05, 0.1) is 12.1 Å². The van der Waals surface area contributed by atoms with E-state index in [1.807, 2.05) is 13.0 Å². The normalized spacial score (nSPS) is 10.3. The molecule has 7 heteroatoms. The predicted octanol–water partition coefficient (Wildman–Crippen LogP) is 3.84. The fourth-order valence-corrected chi connectivity index (χ4v) is 2.90. The molecule has 0 saturated heterocycles. The fraction of sp³-hybridized carbons (Fsp3) is 0.267. The number of ether oxygens (including phenoxy) is 2. The van der Waals surface area contributed by atoms with E-state index in [0.717, 1.165) is 16.9 Å². The molecular weight excluding hydrogens is 324 g/mol. The van der Waals surface area contributed by atoms with Crippen molar-refractivity contribution in [3.05, 3.63) is 39.7 Å². The van der Waals surface area contributed by atoms with E-state index >= 15 is 0 Å². The summed E-state index contributed by atoms with van der Waals surface area (Å²) in [7, 11) is 1.55. The van der Waals surface area contributed by atoms with Crippen LogP contribution in [0, 0.1) is 0 Å². The highest BCUT2D eigenvalue weighted by Crippen LogP contribution is 2.32. The minimum absolute atomic E-state index is 0.299. The number of anilines is 1. The minimum atomic E-state index is -0.556. The average Bonchev–Trinajstić information content (AvgIpc) is 2.85. The Bertz CT molecular complexity index is 673. The van der Waals surface area contributed by atoms with Crippen molar-refractivity contribution in [1.29, 1.82) is 0 Å². The number of benzene rings is 1. The second-order valence-corrected chi connectivity index (χ2v) is 6.08. The number of nitrogens with one attached hydrogen (secondary N) is 1. The van der Waals surface area contributed by atoms with Crippen molar-refractivity contribution < 1.29 is 14.3 Å². The Morgan fingerprint density at radius 3 is 2.73 bits per heavy atom. The van der Waals surface area contributed by atoms with Crippen LogP contribution in [0.3, 0.4) is 0 Å². The van der Waals surface area contributed by atoms with Crippen LogP contribution in [0.25, 0.3) is 0 Å². The molecule has 1 amide bonds. The third-order valence-electron chi connectivity index (χ3n) is 2.98. The summed E-state index contributed by atoms with van der Waals surface area (Å²) in [6.07, 6.45) is 0.295. The number of methoxy groups -OCH3 is 1. The zero-order chi connectivity index (χ0) is 16.1. The number of hydrogen-bond acceptors (Lipinski definition) is 5. The van der Waals surface area contributed by atoms with Crippen molar-refractivity contribution >= 4 is 34.0 Å². The van der Waals surface area contributed by atoms with Crippen LogP contribution in [-0.2, 0) is 13.0 Å². The van der Waals surface area contributed by atoms with Gasteiger partial charge >= 0.3 is 6.09 Å². The first-order valence-electron chi connectivity index (χ1n) is 6.69. The van der Waals surface area contributed by atoms with Crippen LogP contribution in [0.4, 0.5) is 9.80 Å². The number of aryl methyl sites for hydroxylation is 1. The molecule has 1 aromatic carbocycles. The molecule has 2 aromatic rings. The standard InChI is InChI=1S/C15H17ClN2O3S/c1-3-10-7-13(14(17)22-10)21-15(19)18-8-9-4-5-12(20-2)11(16)6-9/h4-7H,3,8,17H2,1-2H3,(H,18,19). The number of nitrogen functional groups attached to an aromatic ring is 1. The van der Waals surface area contributed by atoms with Crippen LogP contribution in [-0.4, -0.2) is 13.2 Å². The maximum absolute atomic E-state index is 11.8. The lowest BCUT2D eigenvalue weighted by molar-refractivity contribution is 0.200. The maximum atomic E-state index is 11.8. The van der Waals surface area contributed by atoms with Gasteiger partial charge in [0.15, 0.2) is 5.75 Å². The lowest BCUT2D eigenvalue weighted by atomic mass is 10.2. The van der Waals surface area contributed by atoms with Gasteiger partial charge < -0.3 is 20.5 Å². The minimum Gasteiger partial charge on any atom is -0.495 e. The van der Waals surface area contributed by atoms with Gasteiger partial charge in [0.2, 0.25) is 0 Å². The Balaban J connectivity index is 1.92. The van der Waals surface area contributed by atoms with E-state index in [-0.39, 0.29) is 0 Å². The van der Waals surface area contributed by atoms with E-state index in [4.69, 9.17) is 26.8 Å². The molecule has 0 aliphatic heterocycles. The van der Waals surface area contributed by atoms with Crippen LogP contribution < -0.4 is 20.5 Å². The van der Waals surface area contributed by atoms with Crippen molar-refractivity contribution in [3.8, 4) is 11.5 Å². The summed E-state index contributed by atoms with van der Waals surface area (Å²) in [6.45, 7) is 2.32. The van der Waals surface area contributed by atoms with Gasteiger partial charge in [0.1, 0.15) is 10.8 Å². The van der Waals surface area contributed by atoms with E-state index < -0.39 is 6.09 Å². The van der Waals surface area contributed by atoms with E-state index in [0.29, 0.717) is 28.1 Å². The number of carbonyl (C=O) groups excluding carboxylic acids is 1. The number of thiophene rings is 1. The molecule has 3 N–H and O–H groups in total. The van der Waals surface area contributed by atoms with E-state index in [9.17, 15) is 4.79 Å². The van der Waals surface area contributed by atoms with Gasteiger partial charge in [0, 0.05) is 11.4 Å². The number of halogens is 1. The first-order valence-corrected chi connectivity index (χ1v) is 7.89. The second kappa shape index (κ2) is 7.38. The van der Waals surface area contributed by atoms with Crippen LogP contribution >= 0.6 is 22.9 Å². The highest BCUT2D eigenvalue weighted by atomic mass is 35.5. The van der Waals surface area contributed by atoms with Crippen molar-refractivity contribution in [2.75, 3.05) is 12.8 Å². The molecule has 5 nitrogen and oxygen atoms in total. The maximum Gasteiger partial charge on any atom is 0.412 e. The van der Waals surface area contributed by atoms with Crippen LogP contribution in [0.2, 0.25) is 5.02 Å². The predicted molar refractivity (Wildman–Crippen MR) is 89.0 cm³/mol. The van der Waals surface area contributed by atoms with Gasteiger partial charge in [-0.1, -0.05) is 24.6 Å². The van der Waals surface area contributed by atoms with Gasteiger partial charge in [-0.25, -0.2) is 4.79 Å². The van der Waals surface area contributed by atoms with Gasteiger partial charge in [-0.15, -0.1) is 11.3 Å². The molecule has 1 heterocycles. The Kier molecular flexibility index (Phi) is 5.51. The first-order chi connectivity index (χ1) is 10.5. The fourth-order valence-electron chi connectivity index (χ4n) is 1.82. The summed E-state index contributed by atoms with van der Waals surface area (Å²) in [5, 5.41) is 3.65. The summed E-state index contributed by atoms with van der Waals surface area (Å²) in [6, 6.07) is 7.08. The summed E-state index contributed by atoms with van der Waals surface area (Å²) in [5.74, 6) is 0.984. The number of nitrogens with two attached hydrogens (primary N) is 1. The highest BCUT2D eigenvalue weighted by molar-refractivity contribution is 7.16. The monoisotopic (exact) mass is 340 g/mol. The molecule has 1 aromatic heterocycles. The third-order valence-corrected chi connectivity index (χ3v) is 4.37. The van der Waals surface area contributed by atoms with Crippen molar-refractivity contribution in [1.82, 2.24) is 5.32 Å². The lowest BCUT2D eigenvalue weighted by Crippen LogP contribution is -2.26. The molecule has 0 radical (unpaired) electrons. The zero-order valence-electron chi connectivity index (χ0n) is 12.3. The number of amides is 1. The van der Waals surface area contributed by atoms with Gasteiger partial charge in [0.25, 0.3) is 0 Å². The van der Waals surface area contributed by atoms with E-state index in [2.05, 4.69) is 5.32 Å². The summed E-state index contributed by atoms with van der Waals surface area (Å²) < 4.78 is 10.3. The molecule has 118 valence electrons. The molecule has 22 heavy (non-hydrogen) atoms. The second-order valence-electron chi connectivity index (χ2n) is 4.51. The molecule has 0 aliphatic rings. The quantitative estimate of drug-likeness (QED) is 0.867. The molecule has 0 fully saturated rings. The highest BCUT2D eigenvalue weighted by Gasteiger charge is 2.11. The molecule has 0 bridgehead atoms. The number of carbonyl (C=O) groups is 1.